The molecule has 2 heterocycles. The van der Waals surface area contributed by atoms with Crippen LogP contribution in [0.1, 0.15) is 16.8 Å². The van der Waals surface area contributed by atoms with Crippen LogP contribution in [0.3, 0.4) is 0 Å². The Hall–Kier alpha value is -2.89. The molecule has 1 N–H and O–H groups in total. The zero-order valence-corrected chi connectivity index (χ0v) is 12.1. The molecule has 0 aliphatic heterocycles. The minimum absolute atomic E-state index is 0.104. The van der Waals surface area contributed by atoms with Gasteiger partial charge in [0.2, 0.25) is 0 Å². The summed E-state index contributed by atoms with van der Waals surface area (Å²) in [5.41, 5.74) is 1.49. The number of para-hydroxylation sites is 1. The summed E-state index contributed by atoms with van der Waals surface area (Å²) >= 11 is 0. The van der Waals surface area contributed by atoms with E-state index in [9.17, 15) is 4.79 Å². The summed E-state index contributed by atoms with van der Waals surface area (Å²) in [6.07, 6.45) is 9.60. The lowest BCUT2D eigenvalue weighted by atomic mass is 10.3. The van der Waals surface area contributed by atoms with Crippen LogP contribution in [-0.2, 0) is 6.54 Å². The first-order valence-electron chi connectivity index (χ1n) is 7.17. The van der Waals surface area contributed by atoms with Crippen LogP contribution in [0.2, 0.25) is 0 Å². The van der Waals surface area contributed by atoms with Gasteiger partial charge in [-0.1, -0.05) is 18.2 Å². The van der Waals surface area contributed by atoms with Crippen molar-refractivity contribution in [3.8, 4) is 5.69 Å². The quantitative estimate of drug-likeness (QED) is 0.706. The van der Waals surface area contributed by atoms with E-state index < -0.39 is 0 Å². The molecular formula is C16H17N5O. The number of carbonyl (C=O) groups is 1. The molecule has 0 unspecified atom stereocenters. The molecule has 0 fully saturated rings. The number of nitrogens with zero attached hydrogens (tertiary/aromatic N) is 4. The molecule has 0 atom stereocenters. The highest BCUT2D eigenvalue weighted by molar-refractivity contribution is 5.93. The van der Waals surface area contributed by atoms with Gasteiger partial charge in [-0.3, -0.25) is 4.79 Å². The lowest BCUT2D eigenvalue weighted by Gasteiger charge is -2.04. The number of aromatic nitrogens is 4. The molecule has 0 spiro atoms. The average molecular weight is 295 g/mol. The molecule has 0 bridgehead atoms. The standard InChI is InChI=1S/C16H17N5O/c22-16(18-7-4-9-20-10-8-17-13-20)14-11-19-21(12-14)15-5-2-1-3-6-15/h1-3,5-6,8,10-13H,4,7,9H2,(H,18,22). The van der Waals surface area contributed by atoms with Crippen LogP contribution in [0.25, 0.3) is 5.69 Å². The molecule has 3 aromatic rings. The molecule has 1 aromatic carbocycles. The van der Waals surface area contributed by atoms with E-state index in [4.69, 9.17) is 0 Å². The highest BCUT2D eigenvalue weighted by Crippen LogP contribution is 2.07. The van der Waals surface area contributed by atoms with E-state index >= 15 is 0 Å². The SMILES string of the molecule is O=C(NCCCn1ccnc1)c1cnn(-c2ccccc2)c1. The molecule has 6 nitrogen and oxygen atoms in total. The highest BCUT2D eigenvalue weighted by atomic mass is 16.1. The molecule has 2 aromatic heterocycles. The topological polar surface area (TPSA) is 64.7 Å². The second-order valence-corrected chi connectivity index (χ2v) is 4.92. The lowest BCUT2D eigenvalue weighted by molar-refractivity contribution is 0.0952. The largest absolute Gasteiger partial charge is 0.352 e. The lowest BCUT2D eigenvalue weighted by Crippen LogP contribution is -2.24. The maximum Gasteiger partial charge on any atom is 0.254 e. The summed E-state index contributed by atoms with van der Waals surface area (Å²) in [4.78, 5) is 16.0. The Morgan fingerprint density at radius 1 is 1.23 bits per heavy atom. The molecule has 6 heteroatoms. The van der Waals surface area contributed by atoms with Gasteiger partial charge >= 0.3 is 0 Å². The molecule has 0 saturated carbocycles. The van der Waals surface area contributed by atoms with Crippen LogP contribution in [0.5, 0.6) is 0 Å². The summed E-state index contributed by atoms with van der Waals surface area (Å²) < 4.78 is 3.68. The molecule has 0 aliphatic carbocycles. The number of imidazole rings is 1. The van der Waals surface area contributed by atoms with Gasteiger partial charge in [-0.25, -0.2) is 9.67 Å². The van der Waals surface area contributed by atoms with Crippen LogP contribution < -0.4 is 5.32 Å². The van der Waals surface area contributed by atoms with Crippen LogP contribution >= 0.6 is 0 Å². The predicted octanol–water partition coefficient (Wildman–Crippen LogP) is 1.89. The zero-order chi connectivity index (χ0) is 15.2. The first-order chi connectivity index (χ1) is 10.8. The van der Waals surface area contributed by atoms with Gasteiger partial charge in [0, 0.05) is 31.7 Å². The van der Waals surface area contributed by atoms with Gasteiger partial charge in [0.15, 0.2) is 0 Å². The Balaban J connectivity index is 1.51. The van der Waals surface area contributed by atoms with Crippen LogP contribution in [-0.4, -0.2) is 31.8 Å². The first-order valence-corrected chi connectivity index (χ1v) is 7.17. The van der Waals surface area contributed by atoms with Crippen molar-refractivity contribution in [2.75, 3.05) is 6.54 Å². The molecule has 0 aliphatic rings. The molecule has 1 amide bonds. The fourth-order valence-corrected chi connectivity index (χ4v) is 2.15. The monoisotopic (exact) mass is 295 g/mol. The maximum atomic E-state index is 12.1. The number of benzene rings is 1. The van der Waals surface area contributed by atoms with Crippen molar-refractivity contribution in [1.82, 2.24) is 24.6 Å². The Bertz CT molecular complexity index is 718. The number of amides is 1. The van der Waals surface area contributed by atoms with Gasteiger partial charge in [0.1, 0.15) is 0 Å². The van der Waals surface area contributed by atoms with Gasteiger partial charge in [-0.2, -0.15) is 5.10 Å². The molecule has 3 rings (SSSR count). The minimum atomic E-state index is -0.104. The smallest absolute Gasteiger partial charge is 0.254 e. The van der Waals surface area contributed by atoms with E-state index in [1.54, 1.807) is 29.6 Å². The van der Waals surface area contributed by atoms with Crippen molar-refractivity contribution in [3.05, 3.63) is 67.0 Å². The van der Waals surface area contributed by atoms with Crippen molar-refractivity contribution in [1.29, 1.82) is 0 Å². The van der Waals surface area contributed by atoms with Crippen molar-refractivity contribution in [2.45, 2.75) is 13.0 Å². The predicted molar refractivity (Wildman–Crippen MR) is 82.7 cm³/mol. The van der Waals surface area contributed by atoms with Crippen LogP contribution in [0.4, 0.5) is 0 Å². The second-order valence-electron chi connectivity index (χ2n) is 4.92. The van der Waals surface area contributed by atoms with E-state index in [2.05, 4.69) is 15.4 Å². The van der Waals surface area contributed by atoms with E-state index in [1.807, 2.05) is 41.1 Å². The molecule has 0 saturated heterocycles. The Morgan fingerprint density at radius 2 is 2.09 bits per heavy atom. The van der Waals surface area contributed by atoms with Crippen LogP contribution in [0, 0.1) is 0 Å². The van der Waals surface area contributed by atoms with Crippen molar-refractivity contribution < 1.29 is 4.79 Å². The number of hydrogen-bond donors (Lipinski definition) is 1. The fourth-order valence-electron chi connectivity index (χ4n) is 2.15. The van der Waals surface area contributed by atoms with Gasteiger partial charge < -0.3 is 9.88 Å². The van der Waals surface area contributed by atoms with Gasteiger partial charge in [-0.15, -0.1) is 0 Å². The minimum Gasteiger partial charge on any atom is -0.352 e. The van der Waals surface area contributed by atoms with Crippen molar-refractivity contribution in [2.24, 2.45) is 0 Å². The maximum absolute atomic E-state index is 12.1. The second kappa shape index (κ2) is 6.71. The molecule has 112 valence electrons. The number of rotatable bonds is 6. The number of carbonyl (C=O) groups excluding carboxylic acids is 1. The van der Waals surface area contributed by atoms with E-state index in [-0.39, 0.29) is 5.91 Å². The number of nitrogens with one attached hydrogen (secondary N) is 1. The van der Waals surface area contributed by atoms with E-state index in [1.165, 1.54) is 0 Å². The zero-order valence-electron chi connectivity index (χ0n) is 12.1. The summed E-state index contributed by atoms with van der Waals surface area (Å²) in [5, 5.41) is 7.12. The van der Waals surface area contributed by atoms with Gasteiger partial charge in [0.05, 0.1) is 23.8 Å². The summed E-state index contributed by atoms with van der Waals surface area (Å²) in [6, 6.07) is 9.71. The van der Waals surface area contributed by atoms with Gasteiger partial charge in [-0.05, 0) is 18.6 Å². The van der Waals surface area contributed by atoms with Gasteiger partial charge in [0.25, 0.3) is 5.91 Å². The van der Waals surface area contributed by atoms with E-state index in [0.717, 1.165) is 18.7 Å². The fraction of sp³-hybridized carbons (Fsp3) is 0.188. The molecule has 0 radical (unpaired) electrons. The third-order valence-corrected chi connectivity index (χ3v) is 3.30. The summed E-state index contributed by atoms with van der Waals surface area (Å²) in [7, 11) is 0. The van der Waals surface area contributed by atoms with Crippen molar-refractivity contribution in [3.63, 3.8) is 0 Å². The Morgan fingerprint density at radius 3 is 2.86 bits per heavy atom. The highest BCUT2D eigenvalue weighted by Gasteiger charge is 2.08. The Kier molecular flexibility index (Phi) is 4.29. The Labute approximate surface area is 128 Å². The average Bonchev–Trinajstić information content (AvgIpc) is 3.24. The molecular weight excluding hydrogens is 278 g/mol. The third-order valence-electron chi connectivity index (χ3n) is 3.30. The normalized spacial score (nSPS) is 10.5. The summed E-state index contributed by atoms with van der Waals surface area (Å²) in [5.74, 6) is -0.104. The first kappa shape index (κ1) is 14.1. The number of aryl methyl sites for hydroxylation is 1. The number of hydrogen-bond acceptors (Lipinski definition) is 3. The van der Waals surface area contributed by atoms with Crippen molar-refractivity contribution >= 4 is 5.91 Å². The van der Waals surface area contributed by atoms with E-state index in [0.29, 0.717) is 12.1 Å². The third kappa shape index (κ3) is 3.41. The molecule has 22 heavy (non-hydrogen) atoms. The van der Waals surface area contributed by atoms with Crippen LogP contribution in [0.15, 0.2) is 61.4 Å². The summed E-state index contributed by atoms with van der Waals surface area (Å²) in [6.45, 7) is 1.46.